The Hall–Kier alpha value is -0.950. The zero-order valence-corrected chi connectivity index (χ0v) is 14.6. The molecule has 0 aliphatic carbocycles. The summed E-state index contributed by atoms with van der Waals surface area (Å²) < 4.78 is 0. The Labute approximate surface area is 135 Å². The fourth-order valence-corrected chi connectivity index (χ4v) is 3.72. The summed E-state index contributed by atoms with van der Waals surface area (Å²) in [5, 5.41) is 0.816. The third-order valence-corrected chi connectivity index (χ3v) is 5.04. The average molecular weight is 306 g/mol. The van der Waals surface area contributed by atoms with Gasteiger partial charge in [0.1, 0.15) is 0 Å². The molecule has 2 atom stereocenters. The van der Waals surface area contributed by atoms with Gasteiger partial charge in [-0.05, 0) is 36.0 Å². The van der Waals surface area contributed by atoms with Gasteiger partial charge in [-0.1, -0.05) is 58.0 Å². The second kappa shape index (κ2) is 6.44. The van der Waals surface area contributed by atoms with Gasteiger partial charge >= 0.3 is 0 Å². The van der Waals surface area contributed by atoms with Crippen LogP contribution in [0.2, 0.25) is 5.02 Å². The van der Waals surface area contributed by atoms with E-state index in [1.165, 1.54) is 17.7 Å². The molecule has 0 aromatic heterocycles. The van der Waals surface area contributed by atoms with Gasteiger partial charge in [-0.2, -0.15) is 0 Å². The predicted octanol–water partition coefficient (Wildman–Crippen LogP) is 5.72. The maximum absolute atomic E-state index is 5.98. The molecule has 0 saturated carbocycles. The Morgan fingerprint density at radius 3 is 2.48 bits per heavy atom. The molecule has 0 radical (unpaired) electrons. The van der Waals surface area contributed by atoms with Crippen molar-refractivity contribution >= 4 is 11.6 Å². The van der Waals surface area contributed by atoms with Gasteiger partial charge in [-0.15, -0.1) is 0 Å². The molecule has 0 bridgehead atoms. The topological polar surface area (TPSA) is 3.24 Å². The van der Waals surface area contributed by atoms with Gasteiger partial charge in [-0.3, -0.25) is 0 Å². The lowest BCUT2D eigenvalue weighted by atomic mass is 9.77. The second-order valence-electron chi connectivity index (χ2n) is 7.30. The maximum atomic E-state index is 5.98. The van der Waals surface area contributed by atoms with Crippen molar-refractivity contribution in [2.24, 2.45) is 11.3 Å². The first-order valence-corrected chi connectivity index (χ1v) is 8.40. The van der Waals surface area contributed by atoms with Crippen LogP contribution in [0.25, 0.3) is 0 Å². The molecule has 1 saturated heterocycles. The van der Waals surface area contributed by atoms with E-state index in [4.69, 9.17) is 11.6 Å². The highest BCUT2D eigenvalue weighted by molar-refractivity contribution is 6.30. The third-order valence-electron chi connectivity index (χ3n) is 4.79. The fraction of sp³-hybridized carbons (Fsp3) is 0.579. The molecule has 1 fully saturated rings. The Bertz CT molecular complexity index is 483. The van der Waals surface area contributed by atoms with E-state index in [0.29, 0.717) is 11.8 Å². The van der Waals surface area contributed by atoms with Crippen LogP contribution in [0, 0.1) is 11.3 Å². The molecule has 21 heavy (non-hydrogen) atoms. The van der Waals surface area contributed by atoms with Gasteiger partial charge in [0.25, 0.3) is 0 Å². The van der Waals surface area contributed by atoms with Crippen LogP contribution >= 0.6 is 11.6 Å². The van der Waals surface area contributed by atoms with Gasteiger partial charge in [0.2, 0.25) is 0 Å². The highest BCUT2D eigenvalue weighted by Crippen LogP contribution is 2.38. The Balaban J connectivity index is 2.05. The van der Waals surface area contributed by atoms with Crippen LogP contribution in [0.4, 0.5) is 0 Å². The van der Waals surface area contributed by atoms with Crippen LogP contribution in [0.5, 0.6) is 0 Å². The largest absolute Gasteiger partial charge is 0.374 e. The van der Waals surface area contributed by atoms with Crippen molar-refractivity contribution < 1.29 is 0 Å². The van der Waals surface area contributed by atoms with Crippen molar-refractivity contribution in [2.75, 3.05) is 13.1 Å². The minimum Gasteiger partial charge on any atom is -0.374 e. The van der Waals surface area contributed by atoms with Crippen molar-refractivity contribution in [1.29, 1.82) is 0 Å². The standard InChI is InChI=1S/C19H28ClN/c1-6-18(19(3,4)5)14(2)21-12-11-16(13-21)15-7-9-17(20)10-8-15/h7-10,16,18H,2,6,11-13H2,1,3-5H3. The summed E-state index contributed by atoms with van der Waals surface area (Å²) in [4.78, 5) is 2.50. The van der Waals surface area contributed by atoms with Crippen molar-refractivity contribution in [3.63, 3.8) is 0 Å². The fourth-order valence-electron chi connectivity index (χ4n) is 3.60. The zero-order valence-electron chi connectivity index (χ0n) is 13.8. The molecule has 2 rings (SSSR count). The van der Waals surface area contributed by atoms with Gasteiger partial charge in [0, 0.05) is 35.6 Å². The van der Waals surface area contributed by atoms with Crippen molar-refractivity contribution in [2.45, 2.75) is 46.5 Å². The number of nitrogens with zero attached hydrogens (tertiary/aromatic N) is 1. The SMILES string of the molecule is C=C(C(CC)C(C)(C)C)N1CCC(c2ccc(Cl)cc2)C1. The summed E-state index contributed by atoms with van der Waals surface area (Å²) in [6.45, 7) is 15.9. The summed E-state index contributed by atoms with van der Waals surface area (Å²) in [5.41, 5.74) is 3.00. The molecule has 0 spiro atoms. The number of benzene rings is 1. The smallest absolute Gasteiger partial charge is 0.0406 e. The van der Waals surface area contributed by atoms with Crippen LogP contribution in [0.3, 0.4) is 0 Å². The average Bonchev–Trinajstić information content (AvgIpc) is 2.88. The molecule has 1 aromatic carbocycles. The number of halogens is 1. The number of allylic oxidation sites excluding steroid dienone is 1. The van der Waals surface area contributed by atoms with Gasteiger partial charge in [0.15, 0.2) is 0 Å². The van der Waals surface area contributed by atoms with Gasteiger partial charge in [0.05, 0.1) is 0 Å². The second-order valence-corrected chi connectivity index (χ2v) is 7.74. The number of likely N-dealkylation sites (tertiary alicyclic amines) is 1. The van der Waals surface area contributed by atoms with Crippen LogP contribution in [0.1, 0.15) is 52.0 Å². The van der Waals surface area contributed by atoms with Crippen molar-refractivity contribution in [3.05, 3.63) is 47.1 Å². The molecule has 0 N–H and O–H groups in total. The molecular formula is C19H28ClN. The first-order valence-electron chi connectivity index (χ1n) is 8.02. The molecule has 1 aliphatic heterocycles. The van der Waals surface area contributed by atoms with Crippen molar-refractivity contribution in [1.82, 2.24) is 4.90 Å². The van der Waals surface area contributed by atoms with Crippen LogP contribution in [-0.4, -0.2) is 18.0 Å². The Morgan fingerprint density at radius 2 is 1.95 bits per heavy atom. The third kappa shape index (κ3) is 3.83. The first kappa shape index (κ1) is 16.4. The zero-order chi connectivity index (χ0) is 15.6. The van der Waals surface area contributed by atoms with Gasteiger partial charge < -0.3 is 4.90 Å². The highest BCUT2D eigenvalue weighted by atomic mass is 35.5. The Kier molecular flexibility index (Phi) is 5.03. The van der Waals surface area contributed by atoms with E-state index >= 15 is 0 Å². The monoisotopic (exact) mass is 305 g/mol. The first-order chi connectivity index (χ1) is 9.82. The number of rotatable bonds is 4. The van der Waals surface area contributed by atoms with E-state index in [-0.39, 0.29) is 5.41 Å². The molecule has 1 heterocycles. The molecule has 1 aromatic rings. The molecule has 1 aliphatic rings. The maximum Gasteiger partial charge on any atom is 0.0406 e. The molecule has 1 nitrogen and oxygen atoms in total. The van der Waals surface area contributed by atoms with E-state index in [9.17, 15) is 0 Å². The molecule has 2 unspecified atom stereocenters. The van der Waals surface area contributed by atoms with Crippen molar-refractivity contribution in [3.8, 4) is 0 Å². The lowest BCUT2D eigenvalue weighted by Crippen LogP contribution is -2.31. The lowest BCUT2D eigenvalue weighted by molar-refractivity contribution is 0.218. The van der Waals surface area contributed by atoms with Gasteiger partial charge in [-0.25, -0.2) is 0 Å². The molecule has 0 amide bonds. The van der Waals surface area contributed by atoms with Crippen LogP contribution in [-0.2, 0) is 0 Å². The normalized spacial score (nSPS) is 20.6. The van der Waals surface area contributed by atoms with E-state index in [2.05, 4.69) is 51.3 Å². The highest BCUT2D eigenvalue weighted by Gasteiger charge is 2.32. The lowest BCUT2D eigenvalue weighted by Gasteiger charge is -2.36. The predicted molar refractivity (Wildman–Crippen MR) is 92.8 cm³/mol. The molecule has 2 heteroatoms. The minimum absolute atomic E-state index is 0.282. The van der Waals surface area contributed by atoms with E-state index in [1.807, 2.05) is 12.1 Å². The summed E-state index contributed by atoms with van der Waals surface area (Å²) >= 11 is 5.98. The van der Waals surface area contributed by atoms with E-state index < -0.39 is 0 Å². The van der Waals surface area contributed by atoms with Crippen LogP contribution < -0.4 is 0 Å². The summed E-state index contributed by atoms with van der Waals surface area (Å²) in [6, 6.07) is 8.33. The summed E-state index contributed by atoms with van der Waals surface area (Å²) in [5.74, 6) is 1.16. The van der Waals surface area contributed by atoms with E-state index in [0.717, 1.165) is 24.5 Å². The quantitative estimate of drug-likeness (QED) is 0.688. The number of hydrogen-bond acceptors (Lipinski definition) is 1. The van der Waals surface area contributed by atoms with Crippen LogP contribution in [0.15, 0.2) is 36.5 Å². The summed E-state index contributed by atoms with van der Waals surface area (Å²) in [7, 11) is 0. The number of hydrogen-bond donors (Lipinski definition) is 0. The molecular weight excluding hydrogens is 278 g/mol. The van der Waals surface area contributed by atoms with E-state index in [1.54, 1.807) is 0 Å². The molecule has 116 valence electrons. The minimum atomic E-state index is 0.282. The summed E-state index contributed by atoms with van der Waals surface area (Å²) in [6.07, 6.45) is 2.37. The Morgan fingerprint density at radius 1 is 1.33 bits per heavy atom.